The van der Waals surface area contributed by atoms with E-state index < -0.39 is 34.0 Å². The van der Waals surface area contributed by atoms with Crippen LogP contribution in [0.4, 0.5) is 11.4 Å². The van der Waals surface area contributed by atoms with E-state index in [1.807, 2.05) is 0 Å². The van der Waals surface area contributed by atoms with Gasteiger partial charge in [-0.15, -0.1) is 0 Å². The minimum absolute atomic E-state index is 0.00818. The van der Waals surface area contributed by atoms with Gasteiger partial charge in [-0.1, -0.05) is 18.2 Å². The number of hydrogen-bond acceptors (Lipinski definition) is 10. The molecule has 1 saturated heterocycles. The molecule has 1 fully saturated rings. The fraction of sp³-hybridized carbons (Fsp3) is 0.226. The fourth-order valence-electron chi connectivity index (χ4n) is 5.93. The number of benzene rings is 3. The van der Waals surface area contributed by atoms with Gasteiger partial charge in [0.15, 0.2) is 28.8 Å². The van der Waals surface area contributed by atoms with Crippen LogP contribution in [0, 0.1) is 16.0 Å². The fourth-order valence-corrected chi connectivity index (χ4v) is 5.93. The van der Waals surface area contributed by atoms with Gasteiger partial charge in [0.2, 0.25) is 0 Å². The lowest BCUT2D eigenvalue weighted by molar-refractivity contribution is -0.384. The zero-order chi connectivity index (χ0) is 31.1. The Bertz CT molecular complexity index is 1700. The molecule has 3 aromatic rings. The van der Waals surface area contributed by atoms with Crippen LogP contribution < -0.4 is 19.7 Å². The molecule has 4 N–H and O–H groups in total. The number of nitro benzene ring substituents is 1. The van der Waals surface area contributed by atoms with Crippen LogP contribution in [0.2, 0.25) is 0 Å². The highest BCUT2D eigenvalue weighted by Gasteiger charge is 2.62. The average Bonchev–Trinajstić information content (AvgIpc) is 3.49. The molecule has 3 atom stereocenters. The van der Waals surface area contributed by atoms with Crippen molar-refractivity contribution in [2.24, 2.45) is 5.92 Å². The number of aliphatic hydroxyl groups is 1. The molecule has 43 heavy (non-hydrogen) atoms. The van der Waals surface area contributed by atoms with Gasteiger partial charge >= 0.3 is 0 Å². The Kier molecular flexibility index (Phi) is 7.55. The summed E-state index contributed by atoms with van der Waals surface area (Å²) < 4.78 is 10.3. The Morgan fingerprint density at radius 2 is 1.81 bits per heavy atom. The number of anilines is 1. The summed E-state index contributed by atoms with van der Waals surface area (Å²) in [6, 6.07) is 13.3. The second-order valence-corrected chi connectivity index (χ2v) is 10.3. The maximum Gasteiger partial charge on any atom is 0.269 e. The maximum atomic E-state index is 14.0. The number of amides is 1. The molecule has 5 rings (SSSR count). The standard InChI is InChI=1S/C31H29N3O9/c1-33-23-9-7-19(34(40)41)14-22(23)31(30(33)39)29(18-6-10-24(36)28(13-18)43-3)21(16-32-31)25(37)15-20(35)8-4-17-5-11-27(42-2)26(38)12-17/h4-15,21,29,32,35-36,38H,16H2,1-3H3. The molecule has 222 valence electrons. The highest BCUT2D eigenvalue weighted by Crippen LogP contribution is 2.55. The molecule has 2 heterocycles. The van der Waals surface area contributed by atoms with Crippen LogP contribution in [0.3, 0.4) is 0 Å². The first-order valence-electron chi connectivity index (χ1n) is 13.2. The van der Waals surface area contributed by atoms with E-state index in [0.29, 0.717) is 22.4 Å². The second kappa shape index (κ2) is 11.1. The normalized spacial score (nSPS) is 21.4. The summed E-state index contributed by atoms with van der Waals surface area (Å²) in [7, 11) is 4.35. The van der Waals surface area contributed by atoms with Gasteiger partial charge in [0.05, 0.1) is 19.1 Å². The van der Waals surface area contributed by atoms with Crippen LogP contribution in [0.1, 0.15) is 22.6 Å². The van der Waals surface area contributed by atoms with Gasteiger partial charge in [-0.3, -0.25) is 25.0 Å². The van der Waals surface area contributed by atoms with Crippen molar-refractivity contribution >= 4 is 29.1 Å². The van der Waals surface area contributed by atoms with Crippen LogP contribution in [-0.2, 0) is 15.1 Å². The van der Waals surface area contributed by atoms with Crippen molar-refractivity contribution in [1.82, 2.24) is 5.32 Å². The summed E-state index contributed by atoms with van der Waals surface area (Å²) in [6.45, 7) is 0.00818. The molecular formula is C31H29N3O9. The molecular weight excluding hydrogens is 558 g/mol. The number of fused-ring (bicyclic) bond motifs is 2. The summed E-state index contributed by atoms with van der Waals surface area (Å²) in [4.78, 5) is 40.3. The molecule has 0 saturated carbocycles. The molecule has 0 bridgehead atoms. The maximum absolute atomic E-state index is 14.0. The zero-order valence-corrected chi connectivity index (χ0v) is 23.5. The van der Waals surface area contributed by atoms with E-state index >= 15 is 0 Å². The zero-order valence-electron chi connectivity index (χ0n) is 23.5. The molecule has 3 unspecified atom stereocenters. The van der Waals surface area contributed by atoms with E-state index in [0.717, 1.165) is 6.08 Å². The number of nitrogens with one attached hydrogen (secondary N) is 1. The number of aliphatic hydroxyl groups excluding tert-OH is 1. The third-order valence-electron chi connectivity index (χ3n) is 7.96. The lowest BCUT2D eigenvalue weighted by atomic mass is 9.71. The minimum Gasteiger partial charge on any atom is -0.508 e. The summed E-state index contributed by atoms with van der Waals surface area (Å²) in [5, 5.41) is 45.8. The van der Waals surface area contributed by atoms with Crippen LogP contribution in [0.25, 0.3) is 6.08 Å². The summed E-state index contributed by atoms with van der Waals surface area (Å²) >= 11 is 0. The predicted molar refractivity (Wildman–Crippen MR) is 156 cm³/mol. The van der Waals surface area contributed by atoms with Crippen molar-refractivity contribution in [3.05, 3.63) is 99.3 Å². The molecule has 0 radical (unpaired) electrons. The van der Waals surface area contributed by atoms with Crippen molar-refractivity contribution in [2.75, 3.05) is 32.7 Å². The average molecular weight is 588 g/mol. The Balaban J connectivity index is 1.58. The number of carbonyl (C=O) groups is 2. The molecule has 1 amide bonds. The summed E-state index contributed by atoms with van der Waals surface area (Å²) in [5.74, 6) is -2.93. The smallest absolute Gasteiger partial charge is 0.269 e. The first-order chi connectivity index (χ1) is 20.5. The van der Waals surface area contributed by atoms with Crippen molar-refractivity contribution in [3.63, 3.8) is 0 Å². The van der Waals surface area contributed by atoms with Crippen LogP contribution in [0.15, 0.2) is 72.5 Å². The van der Waals surface area contributed by atoms with Crippen molar-refractivity contribution in [1.29, 1.82) is 0 Å². The van der Waals surface area contributed by atoms with E-state index in [1.165, 1.54) is 67.7 Å². The number of nitro groups is 1. The minimum atomic E-state index is -1.56. The van der Waals surface area contributed by atoms with Crippen molar-refractivity contribution in [2.45, 2.75) is 11.5 Å². The van der Waals surface area contributed by atoms with Crippen LogP contribution in [-0.4, -0.2) is 59.7 Å². The van der Waals surface area contributed by atoms with Gasteiger partial charge in [0.1, 0.15) is 11.3 Å². The van der Waals surface area contributed by atoms with Gasteiger partial charge in [-0.2, -0.15) is 0 Å². The molecule has 1 spiro atoms. The van der Waals surface area contributed by atoms with Gasteiger partial charge in [-0.25, -0.2) is 0 Å². The van der Waals surface area contributed by atoms with E-state index in [-0.39, 0.29) is 41.0 Å². The summed E-state index contributed by atoms with van der Waals surface area (Å²) in [6.07, 6.45) is 3.84. The molecule has 0 aliphatic carbocycles. The Morgan fingerprint density at radius 3 is 2.49 bits per heavy atom. The van der Waals surface area contributed by atoms with E-state index in [2.05, 4.69) is 5.32 Å². The number of ketones is 1. The van der Waals surface area contributed by atoms with Gasteiger partial charge in [0.25, 0.3) is 11.6 Å². The lowest BCUT2D eigenvalue weighted by Gasteiger charge is -2.32. The molecule has 3 aromatic carbocycles. The third-order valence-corrected chi connectivity index (χ3v) is 7.96. The first-order valence-corrected chi connectivity index (χ1v) is 13.2. The molecule has 12 nitrogen and oxygen atoms in total. The van der Waals surface area contributed by atoms with Crippen LogP contribution >= 0.6 is 0 Å². The number of rotatable bonds is 8. The summed E-state index contributed by atoms with van der Waals surface area (Å²) in [5.41, 5.74) is 0.0329. The van der Waals surface area contributed by atoms with Gasteiger partial charge in [0, 0.05) is 54.9 Å². The van der Waals surface area contributed by atoms with Crippen LogP contribution in [0.5, 0.6) is 23.0 Å². The Hall–Kier alpha value is -5.36. The number of non-ortho nitro benzene ring substituents is 1. The number of phenolic OH excluding ortho intramolecular Hbond substituents is 2. The number of hydrogen-bond donors (Lipinski definition) is 4. The molecule has 0 aromatic heterocycles. The van der Waals surface area contributed by atoms with Gasteiger partial charge < -0.3 is 29.7 Å². The van der Waals surface area contributed by atoms with Crippen molar-refractivity contribution in [3.8, 4) is 23.0 Å². The molecule has 12 heteroatoms. The Labute approximate surface area is 246 Å². The van der Waals surface area contributed by atoms with E-state index in [4.69, 9.17) is 9.47 Å². The lowest BCUT2D eigenvalue weighted by Crippen LogP contribution is -2.49. The Morgan fingerprint density at radius 1 is 1.07 bits per heavy atom. The van der Waals surface area contributed by atoms with E-state index in [9.17, 15) is 35.0 Å². The third kappa shape index (κ3) is 4.91. The number of methoxy groups -OCH3 is 2. The van der Waals surface area contributed by atoms with E-state index in [1.54, 1.807) is 25.2 Å². The van der Waals surface area contributed by atoms with Crippen molar-refractivity contribution < 1.29 is 39.3 Å². The predicted octanol–water partition coefficient (Wildman–Crippen LogP) is 3.92. The monoisotopic (exact) mass is 587 g/mol. The topological polar surface area (TPSA) is 172 Å². The van der Waals surface area contributed by atoms with Gasteiger partial charge in [-0.05, 0) is 47.5 Å². The number of phenols is 2. The number of carbonyl (C=O) groups excluding carboxylic acids is 2. The molecule has 2 aliphatic heterocycles. The quantitative estimate of drug-likeness (QED) is 0.0995. The number of aromatic hydroxyl groups is 2. The highest BCUT2D eigenvalue weighted by molar-refractivity contribution is 6.10. The highest BCUT2D eigenvalue weighted by atomic mass is 16.6. The number of nitrogens with zero attached hydrogens (tertiary/aromatic N) is 2. The number of likely N-dealkylation sites (N-methyl/N-ethyl adjacent to an activating group) is 1. The molecule has 2 aliphatic rings. The largest absolute Gasteiger partial charge is 0.508 e. The number of ether oxygens (including phenoxy) is 2. The SMILES string of the molecule is COc1ccc(C=CC(O)=CC(=O)C2CNC3(C(=O)N(C)c4ccc([N+](=O)[O-])cc43)C2c2ccc(O)c(OC)c2)cc1O. The number of allylic oxidation sites excluding steroid dienone is 2. The second-order valence-electron chi connectivity index (χ2n) is 10.3. The first kappa shape index (κ1) is 29.1.